The molecule has 2 amide bonds. The van der Waals surface area contributed by atoms with Gasteiger partial charge >= 0.3 is 0 Å². The Bertz CT molecular complexity index is 2140. The standard InChI is InChI=1S/C47H68N6O8S/c1-29-39-24-35(47(39,3)4)25-40(29)50-46(57)43-42(30(2)55)41(28-54)61-53(43)26-32-16-13-17-38(44(32)60-8)33-21-34(23-37(22-33)52(7)19-18-48-62(9,58)59)45(56)49-36(27-51(5)6)20-31-14-11-10-12-15-31/h10-17,21-23,29-30,35-36,39-43,48,54-55H,18-20,24-28H2,1-9H3,(H,49,56)(H,50,57)/t29-,30-,35?,36-,39+,40?,41-,42+,43-/m0/s1. The Balaban J connectivity index is 1.32. The number of methoxy groups -OCH3 is 1. The number of anilines is 1. The van der Waals surface area contributed by atoms with Crippen molar-refractivity contribution in [3.05, 3.63) is 83.4 Å². The summed E-state index contributed by atoms with van der Waals surface area (Å²) in [4.78, 5) is 38.9. The smallest absolute Gasteiger partial charge is 0.251 e. The van der Waals surface area contributed by atoms with Gasteiger partial charge in [0.25, 0.3) is 5.91 Å². The first-order valence-corrected chi connectivity index (χ1v) is 23.7. The molecule has 62 heavy (non-hydrogen) atoms. The molecule has 15 heteroatoms. The molecule has 7 rings (SSSR count). The number of likely N-dealkylation sites (N-methyl/N-ethyl adjacent to an activating group) is 2. The molecule has 1 heterocycles. The number of amides is 2. The Kier molecular flexibility index (Phi) is 15.1. The lowest BCUT2D eigenvalue weighted by Gasteiger charge is -2.62. The molecule has 3 aromatic carbocycles. The fourth-order valence-corrected chi connectivity index (χ4v) is 10.7. The number of fused-ring (bicyclic) bond motifs is 2. The van der Waals surface area contributed by atoms with Crippen molar-refractivity contribution in [3.63, 3.8) is 0 Å². The lowest BCUT2D eigenvalue weighted by molar-refractivity contribution is -0.183. The summed E-state index contributed by atoms with van der Waals surface area (Å²) in [5.74, 6) is 0.662. The highest BCUT2D eigenvalue weighted by Gasteiger charge is 2.57. The molecular weight excluding hydrogens is 809 g/mol. The molecule has 0 radical (unpaired) electrons. The fourth-order valence-electron chi connectivity index (χ4n) is 10.2. The zero-order chi connectivity index (χ0) is 45.1. The Morgan fingerprint density at radius 2 is 1.77 bits per heavy atom. The average molecular weight is 877 g/mol. The third kappa shape index (κ3) is 10.8. The zero-order valence-corrected chi connectivity index (χ0v) is 38.6. The van der Waals surface area contributed by atoms with E-state index in [1.807, 2.05) is 91.6 Å². The molecule has 14 nitrogen and oxygen atoms in total. The van der Waals surface area contributed by atoms with E-state index in [4.69, 9.17) is 9.57 Å². The maximum atomic E-state index is 14.4. The minimum absolute atomic E-state index is 0.00252. The molecule has 0 aromatic heterocycles. The molecule has 3 saturated carbocycles. The van der Waals surface area contributed by atoms with E-state index < -0.39 is 34.2 Å². The van der Waals surface area contributed by atoms with Crippen LogP contribution in [0.1, 0.15) is 62.0 Å². The Labute approximate surface area is 368 Å². The zero-order valence-electron chi connectivity index (χ0n) is 37.8. The Morgan fingerprint density at radius 1 is 1.05 bits per heavy atom. The number of sulfonamides is 1. The van der Waals surface area contributed by atoms with Gasteiger partial charge in [-0.2, -0.15) is 5.06 Å². The number of hydrogen-bond acceptors (Lipinski definition) is 11. The molecule has 340 valence electrons. The molecule has 1 saturated heterocycles. The summed E-state index contributed by atoms with van der Waals surface area (Å²) in [6, 6.07) is 20.2. The quantitative estimate of drug-likeness (QED) is 0.118. The summed E-state index contributed by atoms with van der Waals surface area (Å²) in [6.07, 6.45) is 2.07. The second kappa shape index (κ2) is 19.7. The van der Waals surface area contributed by atoms with Crippen molar-refractivity contribution < 1.29 is 37.8 Å². The molecule has 4 fully saturated rings. The Morgan fingerprint density at radius 3 is 2.39 bits per heavy atom. The highest BCUT2D eigenvalue weighted by Crippen LogP contribution is 2.61. The third-order valence-corrected chi connectivity index (χ3v) is 14.4. The van der Waals surface area contributed by atoms with E-state index in [1.165, 1.54) is 6.42 Å². The minimum Gasteiger partial charge on any atom is -0.496 e. The van der Waals surface area contributed by atoms with Crippen LogP contribution < -0.4 is 25.0 Å². The van der Waals surface area contributed by atoms with Crippen molar-refractivity contribution in [3.8, 4) is 16.9 Å². The van der Waals surface area contributed by atoms with Gasteiger partial charge in [0, 0.05) is 67.1 Å². The monoisotopic (exact) mass is 876 g/mol. The molecule has 5 N–H and O–H groups in total. The minimum atomic E-state index is -3.41. The van der Waals surface area contributed by atoms with Gasteiger partial charge in [-0.05, 0) is 92.8 Å². The molecule has 3 aliphatic carbocycles. The molecule has 0 spiro atoms. The average Bonchev–Trinajstić information content (AvgIpc) is 3.59. The lowest BCUT2D eigenvalue weighted by atomic mass is 9.45. The highest BCUT2D eigenvalue weighted by atomic mass is 32.2. The predicted molar refractivity (Wildman–Crippen MR) is 242 cm³/mol. The van der Waals surface area contributed by atoms with Crippen LogP contribution in [0.5, 0.6) is 5.75 Å². The van der Waals surface area contributed by atoms with Gasteiger partial charge in [0.1, 0.15) is 17.9 Å². The van der Waals surface area contributed by atoms with E-state index in [1.54, 1.807) is 25.2 Å². The van der Waals surface area contributed by atoms with Crippen LogP contribution in [-0.4, -0.2) is 131 Å². The second-order valence-corrected chi connectivity index (χ2v) is 20.5. The maximum absolute atomic E-state index is 14.4. The van der Waals surface area contributed by atoms with Gasteiger partial charge in [0.15, 0.2) is 0 Å². The summed E-state index contributed by atoms with van der Waals surface area (Å²) in [6.45, 7) is 9.32. The third-order valence-electron chi connectivity index (χ3n) is 13.7. The van der Waals surface area contributed by atoms with Crippen molar-refractivity contribution in [2.45, 2.75) is 83.8 Å². The summed E-state index contributed by atoms with van der Waals surface area (Å²) in [7, 11) is 3.93. The van der Waals surface area contributed by atoms with Crippen molar-refractivity contribution in [1.82, 2.24) is 25.3 Å². The number of aliphatic hydroxyl groups is 2. The molecule has 9 atom stereocenters. The summed E-state index contributed by atoms with van der Waals surface area (Å²) < 4.78 is 32.5. The number of nitrogens with one attached hydrogen (secondary N) is 3. The lowest BCUT2D eigenvalue weighted by Crippen LogP contribution is -2.62. The van der Waals surface area contributed by atoms with Gasteiger partial charge in [0.2, 0.25) is 15.9 Å². The van der Waals surface area contributed by atoms with Crippen LogP contribution in [0.3, 0.4) is 0 Å². The maximum Gasteiger partial charge on any atom is 0.251 e. The normalized spacial score (nSPS) is 25.5. The van der Waals surface area contributed by atoms with Crippen molar-refractivity contribution >= 4 is 27.5 Å². The number of hydrogen-bond donors (Lipinski definition) is 5. The number of carbonyl (C=O) groups is 2. The van der Waals surface area contributed by atoms with Crippen LogP contribution in [0.15, 0.2) is 66.7 Å². The highest BCUT2D eigenvalue weighted by molar-refractivity contribution is 7.88. The van der Waals surface area contributed by atoms with Gasteiger partial charge in [-0.25, -0.2) is 13.1 Å². The van der Waals surface area contributed by atoms with Crippen LogP contribution in [0.2, 0.25) is 0 Å². The van der Waals surface area contributed by atoms with E-state index in [-0.39, 0.29) is 49.0 Å². The molecule has 4 aliphatic rings. The number of nitrogens with zero attached hydrogens (tertiary/aromatic N) is 3. The van der Waals surface area contributed by atoms with E-state index >= 15 is 0 Å². The number of aliphatic hydroxyl groups excluding tert-OH is 2. The molecular formula is C47H68N6O8S. The van der Waals surface area contributed by atoms with Crippen molar-refractivity contribution in [2.24, 2.45) is 29.1 Å². The first kappa shape index (κ1) is 47.4. The van der Waals surface area contributed by atoms with Crippen LogP contribution in [0.4, 0.5) is 5.69 Å². The van der Waals surface area contributed by atoms with E-state index in [9.17, 15) is 28.2 Å². The van der Waals surface area contributed by atoms with Gasteiger partial charge in [0.05, 0.1) is 32.6 Å². The fraction of sp³-hybridized carbons (Fsp3) is 0.574. The number of hydroxylamine groups is 2. The first-order chi connectivity index (χ1) is 29.3. The summed E-state index contributed by atoms with van der Waals surface area (Å²) >= 11 is 0. The van der Waals surface area contributed by atoms with Crippen molar-refractivity contribution in [1.29, 1.82) is 0 Å². The number of carbonyl (C=O) groups excluding carboxylic acids is 2. The van der Waals surface area contributed by atoms with E-state index in [2.05, 4.69) is 36.1 Å². The van der Waals surface area contributed by atoms with Crippen LogP contribution in [-0.2, 0) is 32.6 Å². The first-order valence-electron chi connectivity index (χ1n) is 21.8. The van der Waals surface area contributed by atoms with Gasteiger partial charge in [-0.3, -0.25) is 14.4 Å². The summed E-state index contributed by atoms with van der Waals surface area (Å²) in [5, 5.41) is 29.7. The second-order valence-electron chi connectivity index (χ2n) is 18.7. The summed E-state index contributed by atoms with van der Waals surface area (Å²) in [5.41, 5.74) is 4.50. The number of rotatable bonds is 19. The van der Waals surface area contributed by atoms with Crippen LogP contribution >= 0.6 is 0 Å². The van der Waals surface area contributed by atoms with Gasteiger partial charge < -0.3 is 35.4 Å². The van der Waals surface area contributed by atoms with Crippen molar-refractivity contribution in [2.75, 3.05) is 65.6 Å². The molecule has 3 aromatic rings. The van der Waals surface area contributed by atoms with Gasteiger partial charge in [-0.15, -0.1) is 0 Å². The van der Waals surface area contributed by atoms with E-state index in [0.29, 0.717) is 71.0 Å². The van der Waals surface area contributed by atoms with Crippen LogP contribution in [0.25, 0.3) is 11.1 Å². The largest absolute Gasteiger partial charge is 0.496 e. The number of ether oxygens (including phenoxy) is 1. The SMILES string of the molecule is COc1c(CN2O[C@@H](CO)[C@@H]([C@H](C)O)[C@H]2C(=O)NC2CC3C[C@H]([C@@H]2C)C3(C)C)cccc1-c1cc(C(=O)N[C@@H](Cc2ccccc2)CN(C)C)cc(N(C)CCNS(C)(=O)=O)c1. The topological polar surface area (TPSA) is 173 Å². The predicted octanol–water partition coefficient (Wildman–Crippen LogP) is 3.91. The molecule has 2 unspecified atom stereocenters. The number of para-hydroxylation sites is 1. The van der Waals surface area contributed by atoms with Crippen LogP contribution in [0, 0.1) is 29.1 Å². The molecule has 1 aliphatic heterocycles. The molecule has 2 bridgehead atoms. The Hall–Kier alpha value is -4.09. The van der Waals surface area contributed by atoms with Gasteiger partial charge in [-0.1, -0.05) is 69.3 Å². The van der Waals surface area contributed by atoms with E-state index in [0.717, 1.165) is 18.2 Å². The number of benzene rings is 3.